The summed E-state index contributed by atoms with van der Waals surface area (Å²) in [5, 5.41) is 3.04. The van der Waals surface area contributed by atoms with E-state index in [0.29, 0.717) is 19.1 Å². The van der Waals surface area contributed by atoms with Gasteiger partial charge >= 0.3 is 11.8 Å². The highest BCUT2D eigenvalue weighted by atomic mass is 35.5. The summed E-state index contributed by atoms with van der Waals surface area (Å²) in [5.74, 6) is -1.44. The van der Waals surface area contributed by atoms with Gasteiger partial charge < -0.3 is 16.0 Å². The molecule has 1 atom stereocenters. The van der Waals surface area contributed by atoms with Crippen LogP contribution in [0.2, 0.25) is 0 Å². The molecule has 1 heterocycles. The monoisotopic (exact) mass is 207 g/mol. The standard InChI is InChI=1S/C7H13N3O2.ClH/c1-9-5-2-3-10(4-5)7(12)6(8)11;/h5,9H,2-4H2,1H3,(H2,8,11);1H/t5-;/m1./s1. The maximum absolute atomic E-state index is 11.0. The van der Waals surface area contributed by atoms with Crippen molar-refractivity contribution in [2.45, 2.75) is 12.5 Å². The molecule has 1 saturated heterocycles. The van der Waals surface area contributed by atoms with Crippen LogP contribution >= 0.6 is 12.4 Å². The van der Waals surface area contributed by atoms with Crippen LogP contribution in [-0.2, 0) is 9.59 Å². The zero-order chi connectivity index (χ0) is 9.14. The molecule has 1 aliphatic rings. The Morgan fingerprint density at radius 2 is 2.15 bits per heavy atom. The molecule has 2 amide bonds. The van der Waals surface area contributed by atoms with E-state index in [1.807, 2.05) is 7.05 Å². The number of hydrogen-bond acceptors (Lipinski definition) is 3. The summed E-state index contributed by atoms with van der Waals surface area (Å²) in [6, 6.07) is 0.299. The number of nitrogens with one attached hydrogen (secondary N) is 1. The summed E-state index contributed by atoms with van der Waals surface area (Å²) in [7, 11) is 1.84. The molecule has 1 fully saturated rings. The molecular formula is C7H14ClN3O2. The van der Waals surface area contributed by atoms with Gasteiger partial charge in [0, 0.05) is 19.1 Å². The van der Waals surface area contributed by atoms with Gasteiger partial charge in [-0.2, -0.15) is 0 Å². The van der Waals surface area contributed by atoms with Gasteiger partial charge in [-0.15, -0.1) is 12.4 Å². The molecule has 0 aromatic heterocycles. The summed E-state index contributed by atoms with van der Waals surface area (Å²) in [5.41, 5.74) is 4.85. The number of amides is 2. The van der Waals surface area contributed by atoms with E-state index in [0.717, 1.165) is 6.42 Å². The SMILES string of the molecule is CN[C@@H]1CCN(C(=O)C(N)=O)C1.Cl. The van der Waals surface area contributed by atoms with Crippen molar-refractivity contribution < 1.29 is 9.59 Å². The Labute approximate surface area is 83.0 Å². The number of rotatable bonds is 1. The zero-order valence-electron chi connectivity index (χ0n) is 7.45. The van der Waals surface area contributed by atoms with Gasteiger partial charge in [0.05, 0.1) is 0 Å². The first-order chi connectivity index (χ1) is 5.65. The Morgan fingerprint density at radius 3 is 2.54 bits per heavy atom. The summed E-state index contributed by atoms with van der Waals surface area (Å²) < 4.78 is 0. The van der Waals surface area contributed by atoms with Crippen LogP contribution in [0.5, 0.6) is 0 Å². The minimum absolute atomic E-state index is 0. The van der Waals surface area contributed by atoms with Gasteiger partial charge in [0.2, 0.25) is 0 Å². The summed E-state index contributed by atoms with van der Waals surface area (Å²) in [4.78, 5) is 23.0. The smallest absolute Gasteiger partial charge is 0.311 e. The lowest BCUT2D eigenvalue weighted by molar-refractivity contribution is -0.143. The number of likely N-dealkylation sites (N-methyl/N-ethyl adjacent to an activating group) is 1. The highest BCUT2D eigenvalue weighted by Gasteiger charge is 2.27. The van der Waals surface area contributed by atoms with Gasteiger partial charge in [0.15, 0.2) is 0 Å². The minimum atomic E-state index is -0.869. The van der Waals surface area contributed by atoms with E-state index in [9.17, 15) is 9.59 Å². The van der Waals surface area contributed by atoms with E-state index in [1.165, 1.54) is 4.90 Å². The van der Waals surface area contributed by atoms with Crippen LogP contribution in [0.1, 0.15) is 6.42 Å². The number of likely N-dealkylation sites (tertiary alicyclic amines) is 1. The molecule has 0 spiro atoms. The maximum atomic E-state index is 11.0. The van der Waals surface area contributed by atoms with Crippen molar-refractivity contribution in [3.8, 4) is 0 Å². The Kier molecular flexibility index (Phi) is 4.72. The van der Waals surface area contributed by atoms with Crippen molar-refractivity contribution in [2.24, 2.45) is 5.73 Å². The molecule has 0 bridgehead atoms. The Balaban J connectivity index is 0.00000144. The molecule has 0 aromatic carbocycles. The maximum Gasteiger partial charge on any atom is 0.311 e. The molecule has 1 rings (SSSR count). The topological polar surface area (TPSA) is 75.4 Å². The first kappa shape index (κ1) is 12.2. The van der Waals surface area contributed by atoms with E-state index in [1.54, 1.807) is 0 Å². The van der Waals surface area contributed by atoms with Crippen molar-refractivity contribution in [1.29, 1.82) is 0 Å². The van der Waals surface area contributed by atoms with E-state index in [4.69, 9.17) is 5.73 Å². The van der Waals surface area contributed by atoms with Gasteiger partial charge in [0.25, 0.3) is 0 Å². The van der Waals surface area contributed by atoms with Gasteiger partial charge in [-0.25, -0.2) is 0 Å². The lowest BCUT2D eigenvalue weighted by Crippen LogP contribution is -2.40. The van der Waals surface area contributed by atoms with Gasteiger partial charge in [0.1, 0.15) is 0 Å². The molecule has 0 radical (unpaired) electrons. The van der Waals surface area contributed by atoms with Crippen LogP contribution in [0.4, 0.5) is 0 Å². The zero-order valence-corrected chi connectivity index (χ0v) is 8.26. The van der Waals surface area contributed by atoms with Gasteiger partial charge in [-0.3, -0.25) is 9.59 Å². The third-order valence-corrected chi connectivity index (χ3v) is 2.09. The number of primary amides is 1. The second kappa shape index (κ2) is 5.04. The van der Waals surface area contributed by atoms with Crippen molar-refractivity contribution in [3.05, 3.63) is 0 Å². The van der Waals surface area contributed by atoms with Gasteiger partial charge in [-0.05, 0) is 13.5 Å². The van der Waals surface area contributed by atoms with Crippen molar-refractivity contribution in [3.63, 3.8) is 0 Å². The fourth-order valence-corrected chi connectivity index (χ4v) is 1.34. The minimum Gasteiger partial charge on any atom is -0.361 e. The third kappa shape index (κ3) is 2.86. The quantitative estimate of drug-likeness (QED) is 0.526. The second-order valence-corrected chi connectivity index (χ2v) is 2.89. The van der Waals surface area contributed by atoms with Crippen molar-refractivity contribution in [2.75, 3.05) is 20.1 Å². The number of nitrogens with zero attached hydrogens (tertiary/aromatic N) is 1. The molecular weight excluding hydrogens is 194 g/mol. The van der Waals surface area contributed by atoms with Crippen LogP contribution in [0.3, 0.4) is 0 Å². The highest BCUT2D eigenvalue weighted by Crippen LogP contribution is 2.07. The Morgan fingerprint density at radius 1 is 1.54 bits per heavy atom. The fraction of sp³-hybridized carbons (Fsp3) is 0.714. The molecule has 13 heavy (non-hydrogen) atoms. The molecule has 5 nitrogen and oxygen atoms in total. The fourth-order valence-electron chi connectivity index (χ4n) is 1.34. The predicted octanol–water partition coefficient (Wildman–Crippen LogP) is -1.29. The molecule has 0 aliphatic carbocycles. The molecule has 1 aliphatic heterocycles. The van der Waals surface area contributed by atoms with E-state index in [2.05, 4.69) is 5.32 Å². The van der Waals surface area contributed by atoms with E-state index < -0.39 is 11.8 Å². The summed E-state index contributed by atoms with van der Waals surface area (Å²) >= 11 is 0. The highest BCUT2D eigenvalue weighted by molar-refractivity contribution is 6.34. The molecule has 76 valence electrons. The first-order valence-electron chi connectivity index (χ1n) is 3.91. The third-order valence-electron chi connectivity index (χ3n) is 2.09. The molecule has 6 heteroatoms. The molecule has 0 unspecified atom stereocenters. The van der Waals surface area contributed by atoms with Crippen molar-refractivity contribution in [1.82, 2.24) is 10.2 Å². The van der Waals surface area contributed by atoms with Crippen LogP contribution in [0.15, 0.2) is 0 Å². The number of carbonyl (C=O) groups is 2. The van der Waals surface area contributed by atoms with E-state index in [-0.39, 0.29) is 12.4 Å². The van der Waals surface area contributed by atoms with Crippen LogP contribution in [-0.4, -0.2) is 42.9 Å². The van der Waals surface area contributed by atoms with Crippen molar-refractivity contribution >= 4 is 24.2 Å². The number of carbonyl (C=O) groups excluding carboxylic acids is 2. The number of halogens is 1. The first-order valence-corrected chi connectivity index (χ1v) is 3.91. The van der Waals surface area contributed by atoms with Gasteiger partial charge in [-0.1, -0.05) is 0 Å². The Bertz CT molecular complexity index is 210. The van der Waals surface area contributed by atoms with Crippen LogP contribution in [0, 0.1) is 0 Å². The molecule has 3 N–H and O–H groups in total. The van der Waals surface area contributed by atoms with E-state index >= 15 is 0 Å². The number of nitrogens with two attached hydrogens (primary N) is 1. The molecule has 0 aromatic rings. The summed E-state index contributed by atoms with van der Waals surface area (Å²) in [6.07, 6.45) is 0.884. The van der Waals surface area contributed by atoms with Crippen LogP contribution in [0.25, 0.3) is 0 Å². The lowest BCUT2D eigenvalue weighted by atomic mass is 10.3. The lowest BCUT2D eigenvalue weighted by Gasteiger charge is -2.13. The average Bonchev–Trinajstić information content (AvgIpc) is 2.50. The molecule has 0 saturated carbocycles. The number of hydrogen-bond donors (Lipinski definition) is 2. The Hall–Kier alpha value is -0.810. The average molecular weight is 208 g/mol. The predicted molar refractivity (Wildman–Crippen MR) is 50.5 cm³/mol. The summed E-state index contributed by atoms with van der Waals surface area (Å²) in [6.45, 7) is 1.20. The largest absolute Gasteiger partial charge is 0.361 e. The van der Waals surface area contributed by atoms with Crippen LogP contribution < -0.4 is 11.1 Å². The second-order valence-electron chi connectivity index (χ2n) is 2.89. The normalized spacial score (nSPS) is 21.0.